The van der Waals surface area contributed by atoms with Gasteiger partial charge in [0.15, 0.2) is 11.6 Å². The first-order valence-electron chi connectivity index (χ1n) is 7.41. The Morgan fingerprint density at radius 1 is 1.24 bits per heavy atom. The lowest BCUT2D eigenvalue weighted by Gasteiger charge is -2.29. The number of rotatable bonds is 2. The van der Waals surface area contributed by atoms with Gasteiger partial charge in [-0.05, 0) is 24.3 Å². The molecule has 2 heterocycles. The van der Waals surface area contributed by atoms with Crippen LogP contribution in [-0.2, 0) is 11.2 Å². The van der Waals surface area contributed by atoms with E-state index >= 15 is 0 Å². The topological polar surface area (TPSA) is 46.6 Å². The zero-order valence-electron chi connectivity index (χ0n) is 12.8. The number of morpholine rings is 1. The molecule has 3 rings (SSSR count). The number of thiophene rings is 1. The second kappa shape index (κ2) is 5.21. The molecule has 1 aromatic rings. The van der Waals surface area contributed by atoms with E-state index in [9.17, 15) is 9.59 Å². The van der Waals surface area contributed by atoms with Crippen molar-refractivity contribution in [1.82, 2.24) is 0 Å². The van der Waals surface area contributed by atoms with Crippen LogP contribution in [0.3, 0.4) is 0 Å². The average molecular weight is 307 g/mol. The minimum absolute atomic E-state index is 0.0579. The maximum absolute atomic E-state index is 12.4. The van der Waals surface area contributed by atoms with E-state index in [1.165, 1.54) is 11.3 Å². The summed E-state index contributed by atoms with van der Waals surface area (Å²) in [4.78, 5) is 27.6. The Morgan fingerprint density at radius 3 is 2.52 bits per heavy atom. The van der Waals surface area contributed by atoms with Crippen LogP contribution in [0.25, 0.3) is 0 Å². The van der Waals surface area contributed by atoms with Crippen LogP contribution in [0.1, 0.15) is 52.8 Å². The smallest absolute Gasteiger partial charge is 0.173 e. The zero-order valence-corrected chi connectivity index (χ0v) is 13.6. The highest BCUT2D eigenvalue weighted by molar-refractivity contribution is 7.18. The van der Waals surface area contributed by atoms with Gasteiger partial charge in [-0.1, -0.05) is 13.8 Å². The summed E-state index contributed by atoms with van der Waals surface area (Å²) in [5.41, 5.74) is 1.70. The molecular formula is C16H21NO3S. The van der Waals surface area contributed by atoms with Gasteiger partial charge in [0, 0.05) is 19.5 Å². The molecule has 5 heteroatoms. The van der Waals surface area contributed by atoms with Crippen LogP contribution < -0.4 is 4.90 Å². The van der Waals surface area contributed by atoms with E-state index < -0.39 is 0 Å². The van der Waals surface area contributed by atoms with E-state index in [2.05, 4.69) is 18.7 Å². The number of ketones is 2. The first kappa shape index (κ1) is 14.7. The largest absolute Gasteiger partial charge is 0.378 e. The molecule has 0 bridgehead atoms. The molecule has 0 N–H and O–H groups in total. The highest BCUT2D eigenvalue weighted by Gasteiger charge is 2.37. The minimum atomic E-state index is -0.0579. The summed E-state index contributed by atoms with van der Waals surface area (Å²) in [6.07, 6.45) is 1.38. The maximum Gasteiger partial charge on any atom is 0.173 e. The molecule has 1 aliphatic heterocycles. The molecule has 0 atom stereocenters. The predicted octanol–water partition coefficient (Wildman–Crippen LogP) is 2.94. The molecule has 1 aliphatic carbocycles. The van der Waals surface area contributed by atoms with Crippen molar-refractivity contribution in [2.75, 3.05) is 31.2 Å². The first-order chi connectivity index (χ1) is 9.89. The van der Waals surface area contributed by atoms with Crippen molar-refractivity contribution in [2.45, 2.75) is 33.6 Å². The number of fused-ring (bicyclic) bond motifs is 1. The van der Waals surface area contributed by atoms with Gasteiger partial charge in [-0.3, -0.25) is 9.59 Å². The van der Waals surface area contributed by atoms with E-state index in [4.69, 9.17) is 4.74 Å². The molecule has 1 aromatic heterocycles. The third kappa shape index (κ3) is 2.64. The van der Waals surface area contributed by atoms with Crippen LogP contribution in [0, 0.1) is 5.41 Å². The number of nitrogens with zero attached hydrogens (tertiary/aromatic N) is 1. The summed E-state index contributed by atoms with van der Waals surface area (Å²) in [7, 11) is 0. The number of anilines is 1. The normalized spacial score (nSPS) is 21.3. The van der Waals surface area contributed by atoms with Crippen molar-refractivity contribution in [2.24, 2.45) is 5.41 Å². The lowest BCUT2D eigenvalue weighted by molar-refractivity contribution is 0.0917. The molecule has 1 fully saturated rings. The number of carbonyl (C=O) groups is 2. The summed E-state index contributed by atoms with van der Waals surface area (Å²) in [6.45, 7) is 8.75. The fraction of sp³-hybridized carbons (Fsp3) is 0.625. The fourth-order valence-corrected chi connectivity index (χ4v) is 4.61. The Balaban J connectivity index is 2.10. The molecule has 0 radical (unpaired) electrons. The summed E-state index contributed by atoms with van der Waals surface area (Å²) in [6, 6.07) is 0. The maximum atomic E-state index is 12.4. The lowest BCUT2D eigenvalue weighted by atomic mass is 9.75. The summed E-state index contributed by atoms with van der Waals surface area (Å²) < 4.78 is 5.39. The molecule has 114 valence electrons. The Bertz CT molecular complexity index is 597. The molecule has 2 aliphatic rings. The van der Waals surface area contributed by atoms with Gasteiger partial charge in [0.25, 0.3) is 0 Å². The number of ether oxygens (including phenoxy) is 1. The Morgan fingerprint density at radius 2 is 1.90 bits per heavy atom. The number of hydrogen-bond donors (Lipinski definition) is 0. The zero-order chi connectivity index (χ0) is 15.2. The molecule has 0 amide bonds. The van der Waals surface area contributed by atoms with Crippen LogP contribution in [-0.4, -0.2) is 37.9 Å². The molecule has 21 heavy (non-hydrogen) atoms. The monoisotopic (exact) mass is 307 g/mol. The molecule has 0 unspecified atom stereocenters. The van der Waals surface area contributed by atoms with Gasteiger partial charge < -0.3 is 9.64 Å². The quantitative estimate of drug-likeness (QED) is 0.788. The number of hydrogen-bond acceptors (Lipinski definition) is 5. The van der Waals surface area contributed by atoms with Crippen LogP contribution in [0.5, 0.6) is 0 Å². The van der Waals surface area contributed by atoms with E-state index in [0.29, 0.717) is 19.6 Å². The lowest BCUT2D eigenvalue weighted by Crippen LogP contribution is -2.36. The van der Waals surface area contributed by atoms with Crippen molar-refractivity contribution in [1.29, 1.82) is 0 Å². The highest BCUT2D eigenvalue weighted by atomic mass is 32.1. The van der Waals surface area contributed by atoms with Crippen molar-refractivity contribution in [3.8, 4) is 0 Å². The van der Waals surface area contributed by atoms with Gasteiger partial charge in [-0.25, -0.2) is 0 Å². The molecular weight excluding hydrogens is 286 g/mol. The van der Waals surface area contributed by atoms with E-state index in [1.807, 2.05) is 0 Å². The molecule has 4 nitrogen and oxygen atoms in total. The predicted molar refractivity (Wildman–Crippen MR) is 83.8 cm³/mol. The second-order valence-corrected chi connectivity index (χ2v) is 7.69. The van der Waals surface area contributed by atoms with Crippen molar-refractivity contribution in [3.05, 3.63) is 16.0 Å². The van der Waals surface area contributed by atoms with Crippen molar-refractivity contribution in [3.63, 3.8) is 0 Å². The van der Waals surface area contributed by atoms with Gasteiger partial charge in [0.05, 0.1) is 23.7 Å². The van der Waals surface area contributed by atoms with Crippen LogP contribution in [0.2, 0.25) is 0 Å². The third-order valence-corrected chi connectivity index (χ3v) is 5.52. The van der Waals surface area contributed by atoms with Gasteiger partial charge in [0.2, 0.25) is 0 Å². The highest BCUT2D eigenvalue weighted by Crippen LogP contribution is 2.45. The summed E-state index contributed by atoms with van der Waals surface area (Å²) in [5.74, 6) is 0.257. The average Bonchev–Trinajstić information content (AvgIpc) is 2.78. The molecule has 0 spiro atoms. The standard InChI is InChI=1S/C16H21NO3S/c1-10(18)13-11-8-16(2,3)9-12(19)14(11)21-15(13)17-4-6-20-7-5-17/h4-9H2,1-3H3. The minimum Gasteiger partial charge on any atom is -0.378 e. The SMILES string of the molecule is CC(=O)c1c(N2CCOCC2)sc2c1CC(C)(C)CC2=O. The van der Waals surface area contributed by atoms with E-state index in [1.54, 1.807) is 6.92 Å². The van der Waals surface area contributed by atoms with Gasteiger partial charge >= 0.3 is 0 Å². The van der Waals surface area contributed by atoms with Gasteiger partial charge in [-0.15, -0.1) is 11.3 Å². The van der Waals surface area contributed by atoms with E-state index in [0.717, 1.165) is 40.5 Å². The summed E-state index contributed by atoms with van der Waals surface area (Å²) in [5, 5.41) is 0.974. The second-order valence-electron chi connectivity index (χ2n) is 6.69. The first-order valence-corrected chi connectivity index (χ1v) is 8.23. The number of Topliss-reactive ketones (excluding diaryl/α,β-unsaturated/α-hetero) is 2. The molecule has 1 saturated heterocycles. The summed E-state index contributed by atoms with van der Waals surface area (Å²) >= 11 is 1.51. The van der Waals surface area contributed by atoms with Gasteiger partial charge in [-0.2, -0.15) is 0 Å². The van der Waals surface area contributed by atoms with Crippen LogP contribution in [0.4, 0.5) is 5.00 Å². The fourth-order valence-electron chi connectivity index (χ4n) is 3.25. The Hall–Kier alpha value is -1.20. The van der Waals surface area contributed by atoms with Gasteiger partial charge in [0.1, 0.15) is 5.00 Å². The third-order valence-electron chi connectivity index (χ3n) is 4.19. The molecule has 0 aromatic carbocycles. The molecule has 0 saturated carbocycles. The van der Waals surface area contributed by atoms with Crippen LogP contribution in [0.15, 0.2) is 0 Å². The van der Waals surface area contributed by atoms with Crippen LogP contribution >= 0.6 is 11.3 Å². The Labute approximate surface area is 129 Å². The Kier molecular flexibility index (Phi) is 3.66. The van der Waals surface area contributed by atoms with Crippen molar-refractivity contribution >= 4 is 27.9 Å². The van der Waals surface area contributed by atoms with Crippen molar-refractivity contribution < 1.29 is 14.3 Å². The van der Waals surface area contributed by atoms with E-state index in [-0.39, 0.29) is 17.0 Å². The number of carbonyl (C=O) groups excluding carboxylic acids is 2.